The van der Waals surface area contributed by atoms with Crippen LogP contribution < -0.4 is 10.1 Å². The second-order valence-corrected chi connectivity index (χ2v) is 5.49. The van der Waals surface area contributed by atoms with Gasteiger partial charge in [0.25, 0.3) is 0 Å². The standard InChI is InChI=1S/C17H25N3O/c1-4-8-18-16(12-17-19-9-10-20-17)14-6-5-7-15(11-14)21-13(2)3/h5-7,9-11,13,16,18H,4,8,12H2,1-3H3,(H,19,20). The van der Waals surface area contributed by atoms with Gasteiger partial charge >= 0.3 is 0 Å². The summed E-state index contributed by atoms with van der Waals surface area (Å²) in [4.78, 5) is 7.51. The Bertz CT molecular complexity index is 523. The molecule has 2 rings (SSSR count). The molecule has 0 spiro atoms. The third-order valence-electron chi connectivity index (χ3n) is 3.23. The molecule has 0 saturated heterocycles. The first kappa shape index (κ1) is 15.6. The number of nitrogens with one attached hydrogen (secondary N) is 2. The summed E-state index contributed by atoms with van der Waals surface area (Å²) in [5, 5.41) is 3.59. The maximum absolute atomic E-state index is 5.79. The first-order chi connectivity index (χ1) is 10.2. The highest BCUT2D eigenvalue weighted by atomic mass is 16.5. The minimum absolute atomic E-state index is 0.187. The minimum Gasteiger partial charge on any atom is -0.491 e. The van der Waals surface area contributed by atoms with E-state index < -0.39 is 0 Å². The number of nitrogens with zero attached hydrogens (tertiary/aromatic N) is 1. The summed E-state index contributed by atoms with van der Waals surface area (Å²) >= 11 is 0. The summed E-state index contributed by atoms with van der Waals surface area (Å²) in [6.45, 7) is 7.25. The van der Waals surface area contributed by atoms with Gasteiger partial charge in [0.15, 0.2) is 0 Å². The second-order valence-electron chi connectivity index (χ2n) is 5.49. The molecule has 0 aliphatic heterocycles. The number of hydrogen-bond donors (Lipinski definition) is 2. The van der Waals surface area contributed by atoms with Crippen molar-refractivity contribution in [2.24, 2.45) is 0 Å². The molecule has 1 aromatic carbocycles. The van der Waals surface area contributed by atoms with Crippen LogP contribution in [0.5, 0.6) is 5.75 Å². The van der Waals surface area contributed by atoms with E-state index in [-0.39, 0.29) is 12.1 Å². The van der Waals surface area contributed by atoms with E-state index in [1.54, 1.807) is 6.20 Å². The van der Waals surface area contributed by atoms with Gasteiger partial charge in [0.2, 0.25) is 0 Å². The van der Waals surface area contributed by atoms with Crippen LogP contribution >= 0.6 is 0 Å². The Labute approximate surface area is 127 Å². The average Bonchev–Trinajstić information content (AvgIpc) is 2.96. The molecule has 1 heterocycles. The van der Waals surface area contributed by atoms with Gasteiger partial charge in [-0.15, -0.1) is 0 Å². The van der Waals surface area contributed by atoms with Gasteiger partial charge in [0, 0.05) is 24.9 Å². The Hall–Kier alpha value is -1.81. The number of aromatic amines is 1. The Kier molecular flexibility index (Phi) is 5.81. The molecule has 0 aliphatic carbocycles. The van der Waals surface area contributed by atoms with E-state index >= 15 is 0 Å². The molecule has 4 nitrogen and oxygen atoms in total. The Balaban J connectivity index is 2.14. The SMILES string of the molecule is CCCNC(Cc1ncc[nH]1)c1cccc(OC(C)C)c1. The lowest BCUT2D eigenvalue weighted by atomic mass is 10.0. The predicted molar refractivity (Wildman–Crippen MR) is 85.5 cm³/mol. The van der Waals surface area contributed by atoms with Crippen molar-refractivity contribution < 1.29 is 4.74 Å². The lowest BCUT2D eigenvalue weighted by Crippen LogP contribution is -2.24. The van der Waals surface area contributed by atoms with Crippen LogP contribution in [-0.2, 0) is 6.42 Å². The molecule has 1 aromatic heterocycles. The van der Waals surface area contributed by atoms with Crippen LogP contribution in [0.25, 0.3) is 0 Å². The normalized spacial score (nSPS) is 12.6. The Morgan fingerprint density at radius 2 is 2.19 bits per heavy atom. The lowest BCUT2D eigenvalue weighted by molar-refractivity contribution is 0.242. The zero-order chi connectivity index (χ0) is 15.1. The van der Waals surface area contributed by atoms with Crippen molar-refractivity contribution in [3.63, 3.8) is 0 Å². The number of rotatable bonds is 8. The molecule has 0 amide bonds. The van der Waals surface area contributed by atoms with Gasteiger partial charge in [-0.1, -0.05) is 19.1 Å². The highest BCUT2D eigenvalue weighted by Crippen LogP contribution is 2.22. The molecule has 0 fully saturated rings. The molecule has 0 saturated carbocycles. The van der Waals surface area contributed by atoms with Crippen LogP contribution in [0.1, 0.15) is 44.6 Å². The van der Waals surface area contributed by atoms with Crippen molar-refractivity contribution in [3.8, 4) is 5.75 Å². The topological polar surface area (TPSA) is 49.9 Å². The molecule has 0 aliphatic rings. The number of aromatic nitrogens is 2. The number of imidazole rings is 1. The zero-order valence-electron chi connectivity index (χ0n) is 13.1. The number of hydrogen-bond acceptors (Lipinski definition) is 3. The first-order valence-corrected chi connectivity index (χ1v) is 7.67. The third-order valence-corrected chi connectivity index (χ3v) is 3.23. The first-order valence-electron chi connectivity index (χ1n) is 7.67. The van der Waals surface area contributed by atoms with Crippen molar-refractivity contribution in [1.82, 2.24) is 15.3 Å². The van der Waals surface area contributed by atoms with Crippen molar-refractivity contribution in [2.75, 3.05) is 6.54 Å². The highest BCUT2D eigenvalue weighted by molar-refractivity contribution is 5.31. The number of benzene rings is 1. The maximum Gasteiger partial charge on any atom is 0.120 e. The average molecular weight is 287 g/mol. The molecule has 114 valence electrons. The third kappa shape index (κ3) is 4.90. The van der Waals surface area contributed by atoms with Gasteiger partial charge in [-0.2, -0.15) is 0 Å². The quantitative estimate of drug-likeness (QED) is 0.781. The second kappa shape index (κ2) is 7.84. The molecule has 1 atom stereocenters. The van der Waals surface area contributed by atoms with Gasteiger partial charge in [-0.05, 0) is 44.5 Å². The molecule has 0 bridgehead atoms. The van der Waals surface area contributed by atoms with Gasteiger partial charge in [0.1, 0.15) is 11.6 Å². The molecule has 4 heteroatoms. The van der Waals surface area contributed by atoms with E-state index in [0.717, 1.165) is 31.0 Å². The lowest BCUT2D eigenvalue weighted by Gasteiger charge is -2.19. The van der Waals surface area contributed by atoms with Gasteiger partial charge in [-0.3, -0.25) is 0 Å². The van der Waals surface area contributed by atoms with Gasteiger partial charge < -0.3 is 15.0 Å². The van der Waals surface area contributed by atoms with E-state index in [1.165, 1.54) is 5.56 Å². The summed E-state index contributed by atoms with van der Waals surface area (Å²) in [6, 6.07) is 8.56. The van der Waals surface area contributed by atoms with Crippen LogP contribution in [0, 0.1) is 0 Å². The van der Waals surface area contributed by atoms with E-state index in [0.29, 0.717) is 0 Å². The highest BCUT2D eigenvalue weighted by Gasteiger charge is 2.14. The van der Waals surface area contributed by atoms with Crippen LogP contribution in [-0.4, -0.2) is 22.6 Å². The minimum atomic E-state index is 0.187. The Morgan fingerprint density at radius 1 is 1.33 bits per heavy atom. The van der Waals surface area contributed by atoms with Crippen molar-refractivity contribution in [2.45, 2.75) is 45.8 Å². The summed E-state index contributed by atoms with van der Waals surface area (Å²) < 4.78 is 5.79. The number of H-pyrrole nitrogens is 1. The molecule has 1 unspecified atom stereocenters. The van der Waals surface area contributed by atoms with E-state index in [2.05, 4.69) is 40.4 Å². The Morgan fingerprint density at radius 3 is 2.86 bits per heavy atom. The smallest absolute Gasteiger partial charge is 0.120 e. The van der Waals surface area contributed by atoms with Gasteiger partial charge in [0.05, 0.1) is 6.10 Å². The molecule has 2 N–H and O–H groups in total. The van der Waals surface area contributed by atoms with Crippen molar-refractivity contribution in [1.29, 1.82) is 0 Å². The van der Waals surface area contributed by atoms with Crippen molar-refractivity contribution >= 4 is 0 Å². The van der Waals surface area contributed by atoms with Crippen LogP contribution in [0.3, 0.4) is 0 Å². The van der Waals surface area contributed by atoms with Crippen molar-refractivity contribution in [3.05, 3.63) is 48.0 Å². The largest absolute Gasteiger partial charge is 0.491 e. The molecular weight excluding hydrogens is 262 g/mol. The number of ether oxygens (including phenoxy) is 1. The van der Waals surface area contributed by atoms with E-state index in [1.807, 2.05) is 26.1 Å². The summed E-state index contributed by atoms with van der Waals surface area (Å²) in [5.74, 6) is 1.92. The zero-order valence-corrected chi connectivity index (χ0v) is 13.1. The molecule has 0 radical (unpaired) electrons. The van der Waals surface area contributed by atoms with Crippen LogP contribution in [0.15, 0.2) is 36.7 Å². The summed E-state index contributed by atoms with van der Waals surface area (Å²) in [7, 11) is 0. The molecular formula is C17H25N3O. The predicted octanol–water partition coefficient (Wildman–Crippen LogP) is 3.48. The van der Waals surface area contributed by atoms with Gasteiger partial charge in [-0.25, -0.2) is 4.98 Å². The molecule has 2 aromatic rings. The van der Waals surface area contributed by atoms with Crippen LogP contribution in [0.2, 0.25) is 0 Å². The van der Waals surface area contributed by atoms with E-state index in [4.69, 9.17) is 4.74 Å². The van der Waals surface area contributed by atoms with E-state index in [9.17, 15) is 0 Å². The van der Waals surface area contributed by atoms with Crippen LogP contribution in [0.4, 0.5) is 0 Å². The fourth-order valence-corrected chi connectivity index (χ4v) is 2.31. The molecule has 21 heavy (non-hydrogen) atoms. The summed E-state index contributed by atoms with van der Waals surface area (Å²) in [5.41, 5.74) is 1.23. The summed E-state index contributed by atoms with van der Waals surface area (Å²) in [6.07, 6.45) is 5.80. The maximum atomic E-state index is 5.79. The fourth-order valence-electron chi connectivity index (χ4n) is 2.31. The monoisotopic (exact) mass is 287 g/mol. The fraction of sp³-hybridized carbons (Fsp3) is 0.471.